The van der Waals surface area contributed by atoms with Gasteiger partial charge in [0.2, 0.25) is 5.82 Å². The van der Waals surface area contributed by atoms with E-state index in [2.05, 4.69) is 10.1 Å². The van der Waals surface area contributed by atoms with Crippen LogP contribution in [0.5, 0.6) is 0 Å². The summed E-state index contributed by atoms with van der Waals surface area (Å²) < 4.78 is 71.1. The van der Waals surface area contributed by atoms with E-state index in [0.29, 0.717) is 22.7 Å². The molecule has 0 radical (unpaired) electrons. The summed E-state index contributed by atoms with van der Waals surface area (Å²) >= 11 is 6.01. The largest absolute Gasteiger partial charge is 0.365 e. The first-order chi connectivity index (χ1) is 18.3. The predicted octanol–water partition coefficient (Wildman–Crippen LogP) is 4.03. The molecule has 3 aromatic carbocycles. The van der Waals surface area contributed by atoms with E-state index in [1.165, 1.54) is 18.2 Å². The summed E-state index contributed by atoms with van der Waals surface area (Å²) in [6.45, 7) is 2.25. The van der Waals surface area contributed by atoms with E-state index in [-0.39, 0.29) is 45.1 Å². The van der Waals surface area contributed by atoms with Crippen LogP contribution in [0.25, 0.3) is 22.8 Å². The number of halogens is 2. The lowest BCUT2D eigenvalue weighted by Gasteiger charge is -2.26. The number of aromatic nitrogens is 2. The Kier molecular flexibility index (Phi) is 7.00. The van der Waals surface area contributed by atoms with Gasteiger partial charge in [0.25, 0.3) is 5.89 Å². The lowest BCUT2D eigenvalue weighted by atomic mass is 10.1. The molecule has 204 valence electrons. The van der Waals surface area contributed by atoms with E-state index in [1.807, 2.05) is 12.1 Å². The van der Waals surface area contributed by atoms with Crippen LogP contribution < -0.4 is 10.6 Å². The third kappa shape index (κ3) is 5.55. The quantitative estimate of drug-likeness (QED) is 0.365. The maximum Gasteiger partial charge on any atom is 0.258 e. The van der Waals surface area contributed by atoms with Crippen molar-refractivity contribution in [3.8, 4) is 22.8 Å². The number of sulfone groups is 2. The zero-order valence-electron chi connectivity index (χ0n) is 20.9. The molecule has 0 aliphatic carbocycles. The van der Waals surface area contributed by atoms with Crippen molar-refractivity contribution in [3.63, 3.8) is 0 Å². The molecule has 1 atom stereocenters. The summed E-state index contributed by atoms with van der Waals surface area (Å²) in [5.41, 5.74) is 8.24. The van der Waals surface area contributed by atoms with Gasteiger partial charge in [-0.3, -0.25) is 0 Å². The van der Waals surface area contributed by atoms with Gasteiger partial charge in [0.1, 0.15) is 5.82 Å². The number of aryl methyl sites for hydroxylation is 1. The molecule has 0 bridgehead atoms. The van der Waals surface area contributed by atoms with Crippen LogP contribution in [0.3, 0.4) is 0 Å². The van der Waals surface area contributed by atoms with E-state index in [0.717, 1.165) is 17.9 Å². The van der Waals surface area contributed by atoms with E-state index >= 15 is 4.39 Å². The summed E-state index contributed by atoms with van der Waals surface area (Å²) in [6, 6.07) is 13.2. The van der Waals surface area contributed by atoms with Gasteiger partial charge in [-0.25, -0.2) is 21.2 Å². The predicted molar refractivity (Wildman–Crippen MR) is 146 cm³/mol. The molecule has 4 aromatic rings. The average Bonchev–Trinajstić information content (AvgIpc) is 3.30. The first-order valence-corrected chi connectivity index (χ1v) is 15.7. The highest BCUT2D eigenvalue weighted by Crippen LogP contribution is 2.37. The third-order valence-electron chi connectivity index (χ3n) is 6.43. The minimum atomic E-state index is -3.89. The fourth-order valence-corrected chi connectivity index (χ4v) is 6.89. The molecule has 39 heavy (non-hydrogen) atoms. The number of anilines is 1. The van der Waals surface area contributed by atoms with Crippen LogP contribution in [-0.4, -0.2) is 51.6 Å². The van der Waals surface area contributed by atoms with Crippen LogP contribution in [0.4, 0.5) is 10.1 Å². The van der Waals surface area contributed by atoms with Crippen LogP contribution in [0.15, 0.2) is 68.9 Å². The Balaban J connectivity index is 1.61. The lowest BCUT2D eigenvalue weighted by molar-refractivity contribution is 0.431. The summed E-state index contributed by atoms with van der Waals surface area (Å²) in [5, 5.41) is 4.48. The van der Waals surface area contributed by atoms with Gasteiger partial charge in [0, 0.05) is 36.0 Å². The molecule has 0 saturated carbocycles. The fraction of sp³-hybridized carbons (Fsp3) is 0.231. The van der Waals surface area contributed by atoms with Gasteiger partial charge < -0.3 is 15.2 Å². The molecule has 1 aliphatic heterocycles. The Hall–Kier alpha value is -3.32. The van der Waals surface area contributed by atoms with Crippen LogP contribution in [-0.2, 0) is 26.2 Å². The van der Waals surface area contributed by atoms with E-state index in [9.17, 15) is 16.8 Å². The first-order valence-electron chi connectivity index (χ1n) is 11.8. The third-order valence-corrected chi connectivity index (χ3v) is 9.66. The van der Waals surface area contributed by atoms with E-state index in [1.54, 1.807) is 30.0 Å². The summed E-state index contributed by atoms with van der Waals surface area (Å²) in [7, 11) is -7.39. The molecule has 9 nitrogen and oxygen atoms in total. The molecule has 0 saturated heterocycles. The van der Waals surface area contributed by atoms with Gasteiger partial charge in [-0.1, -0.05) is 35.0 Å². The van der Waals surface area contributed by atoms with Gasteiger partial charge >= 0.3 is 0 Å². The monoisotopic (exact) mass is 590 g/mol. The van der Waals surface area contributed by atoms with Crippen molar-refractivity contribution in [2.45, 2.75) is 29.3 Å². The molecular formula is C26H24ClFN4O5S2. The highest BCUT2D eigenvalue weighted by Gasteiger charge is 2.32. The SMILES string of the molecule is Cc1ccc(S(C)(=O)=O)cc1-c1nc(-c2cc3c(cc2F)S(=O)(=O)C[C@H](N)CN3Cc2ccc(Cl)cc2)no1. The van der Waals surface area contributed by atoms with Gasteiger partial charge in [-0.05, 0) is 54.4 Å². The Bertz CT molecular complexity index is 1790. The molecule has 2 N–H and O–H groups in total. The molecule has 5 rings (SSSR count). The molecule has 13 heteroatoms. The van der Waals surface area contributed by atoms with E-state index in [4.69, 9.17) is 21.9 Å². The van der Waals surface area contributed by atoms with Crippen molar-refractivity contribution in [1.82, 2.24) is 10.1 Å². The van der Waals surface area contributed by atoms with Crippen molar-refractivity contribution in [1.29, 1.82) is 0 Å². The van der Waals surface area contributed by atoms with Crippen LogP contribution in [0, 0.1) is 12.7 Å². The molecule has 0 spiro atoms. The first kappa shape index (κ1) is 27.3. The van der Waals surface area contributed by atoms with Crippen LogP contribution >= 0.6 is 11.6 Å². The van der Waals surface area contributed by atoms with Crippen LogP contribution in [0.2, 0.25) is 5.02 Å². The van der Waals surface area contributed by atoms with Crippen molar-refractivity contribution < 1.29 is 25.7 Å². The summed E-state index contributed by atoms with van der Waals surface area (Å²) in [5.74, 6) is -1.31. The van der Waals surface area contributed by atoms with Crippen LogP contribution in [0.1, 0.15) is 11.1 Å². The second-order valence-corrected chi connectivity index (χ2v) is 14.0. The number of hydrogen-bond donors (Lipinski definition) is 1. The summed E-state index contributed by atoms with van der Waals surface area (Å²) in [6.07, 6.45) is 1.08. The molecule has 2 heterocycles. The molecule has 1 aromatic heterocycles. The molecule has 1 aliphatic rings. The van der Waals surface area contributed by atoms with E-state index < -0.39 is 31.5 Å². The highest BCUT2D eigenvalue weighted by molar-refractivity contribution is 7.91. The fourth-order valence-electron chi connectivity index (χ4n) is 4.48. The normalized spacial score (nSPS) is 17.1. The van der Waals surface area contributed by atoms with Gasteiger partial charge in [-0.2, -0.15) is 4.98 Å². The maximum absolute atomic E-state index is 15.4. The Morgan fingerprint density at radius 3 is 2.54 bits per heavy atom. The van der Waals surface area contributed by atoms with Gasteiger partial charge in [-0.15, -0.1) is 0 Å². The molecule has 0 amide bonds. The smallest absolute Gasteiger partial charge is 0.258 e. The Morgan fingerprint density at radius 2 is 1.85 bits per heavy atom. The molecule has 0 fully saturated rings. The highest BCUT2D eigenvalue weighted by atomic mass is 35.5. The number of nitrogens with two attached hydrogens (primary N) is 1. The van der Waals surface area contributed by atoms with Crippen molar-refractivity contribution in [3.05, 3.63) is 76.6 Å². The van der Waals surface area contributed by atoms with Gasteiger partial charge in [0.05, 0.1) is 26.8 Å². The average molecular weight is 591 g/mol. The van der Waals surface area contributed by atoms with Crippen molar-refractivity contribution in [2.75, 3.05) is 23.5 Å². The maximum atomic E-state index is 15.4. The number of rotatable bonds is 5. The number of nitrogens with zero attached hydrogens (tertiary/aromatic N) is 3. The number of benzene rings is 3. The number of fused-ring (bicyclic) bond motifs is 1. The minimum absolute atomic E-state index is 0.00462. The van der Waals surface area contributed by atoms with Crippen molar-refractivity contribution >= 4 is 37.0 Å². The second-order valence-electron chi connectivity index (χ2n) is 9.52. The topological polar surface area (TPSA) is 136 Å². The Labute approximate surface area is 230 Å². The minimum Gasteiger partial charge on any atom is -0.365 e. The number of hydrogen-bond acceptors (Lipinski definition) is 9. The Morgan fingerprint density at radius 1 is 1.13 bits per heavy atom. The standard InChI is InChI=1S/C26H24ClFN4O5S2/c1-15-3-8-19(38(2,33)34)9-20(15)26-30-25(31-37-26)21-10-23-24(11-22(21)28)39(35,36)14-18(29)13-32(23)12-16-4-6-17(27)7-5-16/h3-11,18H,12-14,29H2,1-2H3/t18-/m1/s1. The second kappa shape index (κ2) is 10.0. The summed E-state index contributed by atoms with van der Waals surface area (Å²) in [4.78, 5) is 5.99. The van der Waals surface area contributed by atoms with Gasteiger partial charge in [0.15, 0.2) is 19.7 Å². The zero-order valence-corrected chi connectivity index (χ0v) is 23.3. The van der Waals surface area contributed by atoms with Crippen molar-refractivity contribution in [2.24, 2.45) is 5.73 Å². The molecule has 0 unspecified atom stereocenters. The zero-order chi connectivity index (χ0) is 28.1. The molecular weight excluding hydrogens is 567 g/mol. The lowest BCUT2D eigenvalue weighted by Crippen LogP contribution is -2.39.